The maximum absolute atomic E-state index is 5.63. The van der Waals surface area contributed by atoms with Crippen molar-refractivity contribution in [2.24, 2.45) is 5.84 Å². The van der Waals surface area contributed by atoms with E-state index in [0.29, 0.717) is 0 Å². The second-order valence-electron chi connectivity index (χ2n) is 2.68. The van der Waals surface area contributed by atoms with Crippen LogP contribution in [0.1, 0.15) is 19.8 Å². The highest BCUT2D eigenvalue weighted by molar-refractivity contribution is 4.79. The summed E-state index contributed by atoms with van der Waals surface area (Å²) < 4.78 is 5.21. The lowest BCUT2D eigenvalue weighted by atomic mass is 10.2. The van der Waals surface area contributed by atoms with Crippen molar-refractivity contribution in [3.63, 3.8) is 0 Å². The van der Waals surface area contributed by atoms with Crippen LogP contribution in [0.15, 0.2) is 0 Å². The van der Waals surface area contributed by atoms with E-state index in [1.807, 2.05) is 6.92 Å². The van der Waals surface area contributed by atoms with Gasteiger partial charge in [-0.15, -0.1) is 0 Å². The number of methoxy groups -OCH3 is 1. The summed E-state index contributed by atoms with van der Waals surface area (Å²) in [5.41, 5.74) is -0.194. The predicted molar refractivity (Wildman–Crippen MR) is 35.5 cm³/mol. The van der Waals surface area contributed by atoms with Gasteiger partial charge in [-0.3, -0.25) is 5.84 Å². The maximum atomic E-state index is 5.63. The van der Waals surface area contributed by atoms with Gasteiger partial charge in [-0.25, -0.2) is 5.01 Å². The molecule has 0 aromatic rings. The fourth-order valence-electron chi connectivity index (χ4n) is 1.18. The summed E-state index contributed by atoms with van der Waals surface area (Å²) in [6.07, 6.45) is 2.18. The van der Waals surface area contributed by atoms with Crippen molar-refractivity contribution in [1.29, 1.82) is 0 Å². The highest BCUT2D eigenvalue weighted by atomic mass is 16.5. The first kappa shape index (κ1) is 6.99. The fraction of sp³-hybridized carbons (Fsp3) is 1.00. The van der Waals surface area contributed by atoms with E-state index in [9.17, 15) is 0 Å². The van der Waals surface area contributed by atoms with Gasteiger partial charge in [0.15, 0.2) is 0 Å². The van der Waals surface area contributed by atoms with Gasteiger partial charge in [-0.05, 0) is 19.8 Å². The summed E-state index contributed by atoms with van der Waals surface area (Å²) in [4.78, 5) is 0. The number of hydrogen-bond acceptors (Lipinski definition) is 3. The summed E-state index contributed by atoms with van der Waals surface area (Å²) in [5, 5.41) is 1.76. The zero-order valence-corrected chi connectivity index (χ0v) is 6.05. The zero-order chi connectivity index (χ0) is 6.91. The Morgan fingerprint density at radius 2 is 2.33 bits per heavy atom. The zero-order valence-electron chi connectivity index (χ0n) is 6.05. The first-order chi connectivity index (χ1) is 4.19. The van der Waals surface area contributed by atoms with Crippen LogP contribution in [0.3, 0.4) is 0 Å². The molecule has 2 N–H and O–H groups in total. The second kappa shape index (κ2) is 2.25. The summed E-state index contributed by atoms with van der Waals surface area (Å²) in [6.45, 7) is 2.96. The Hall–Kier alpha value is -0.120. The van der Waals surface area contributed by atoms with Gasteiger partial charge in [0.1, 0.15) is 5.72 Å². The highest BCUT2D eigenvalue weighted by Crippen LogP contribution is 2.25. The van der Waals surface area contributed by atoms with Crippen LogP contribution in [0.5, 0.6) is 0 Å². The lowest BCUT2D eigenvalue weighted by Crippen LogP contribution is -2.47. The van der Waals surface area contributed by atoms with Crippen molar-refractivity contribution in [3.05, 3.63) is 0 Å². The third-order valence-electron chi connectivity index (χ3n) is 2.09. The molecule has 0 aromatic carbocycles. The number of hydrogen-bond donors (Lipinski definition) is 1. The number of nitrogens with zero attached hydrogens (tertiary/aromatic N) is 1. The standard InChI is InChI=1S/C6H14N2O/c1-6(9-2)4-3-5-8(6)7/h3-5,7H2,1-2H3/t6-/m0/s1. The van der Waals surface area contributed by atoms with Crippen LogP contribution in [-0.4, -0.2) is 24.4 Å². The molecule has 1 aliphatic heterocycles. The molecule has 9 heavy (non-hydrogen) atoms. The maximum Gasteiger partial charge on any atom is 0.130 e. The van der Waals surface area contributed by atoms with Crippen molar-refractivity contribution in [3.8, 4) is 0 Å². The van der Waals surface area contributed by atoms with E-state index in [4.69, 9.17) is 10.6 Å². The van der Waals surface area contributed by atoms with E-state index in [1.165, 1.54) is 0 Å². The minimum atomic E-state index is -0.194. The van der Waals surface area contributed by atoms with Crippen molar-refractivity contribution in [2.45, 2.75) is 25.5 Å². The van der Waals surface area contributed by atoms with Crippen LogP contribution >= 0.6 is 0 Å². The number of nitrogens with two attached hydrogens (primary N) is 1. The van der Waals surface area contributed by atoms with Gasteiger partial charge in [-0.2, -0.15) is 0 Å². The fourth-order valence-corrected chi connectivity index (χ4v) is 1.18. The molecule has 1 aliphatic rings. The topological polar surface area (TPSA) is 38.5 Å². The molecule has 1 heterocycles. The normalized spacial score (nSPS) is 37.7. The van der Waals surface area contributed by atoms with Crippen LogP contribution in [0.2, 0.25) is 0 Å². The molecule has 1 fully saturated rings. The second-order valence-corrected chi connectivity index (χ2v) is 2.68. The van der Waals surface area contributed by atoms with Gasteiger partial charge in [0.2, 0.25) is 0 Å². The molecule has 1 atom stereocenters. The molecule has 1 rings (SSSR count). The van der Waals surface area contributed by atoms with Gasteiger partial charge in [-0.1, -0.05) is 0 Å². The third kappa shape index (κ3) is 1.08. The Morgan fingerprint density at radius 1 is 1.67 bits per heavy atom. The quantitative estimate of drug-likeness (QED) is 0.519. The Labute approximate surface area is 55.7 Å². The molecule has 0 amide bonds. The Morgan fingerprint density at radius 3 is 2.56 bits per heavy atom. The molecule has 0 radical (unpaired) electrons. The number of ether oxygens (including phenoxy) is 1. The minimum absolute atomic E-state index is 0.194. The van der Waals surface area contributed by atoms with Crippen LogP contribution in [0, 0.1) is 0 Å². The third-order valence-corrected chi connectivity index (χ3v) is 2.09. The molecule has 3 heteroatoms. The van der Waals surface area contributed by atoms with E-state index in [0.717, 1.165) is 19.4 Å². The lowest BCUT2D eigenvalue weighted by Gasteiger charge is -2.29. The molecule has 54 valence electrons. The van der Waals surface area contributed by atoms with Gasteiger partial charge >= 0.3 is 0 Å². The molecule has 0 aromatic heterocycles. The van der Waals surface area contributed by atoms with E-state index in [2.05, 4.69) is 0 Å². The molecule has 0 bridgehead atoms. The molecular weight excluding hydrogens is 116 g/mol. The number of rotatable bonds is 1. The van der Waals surface area contributed by atoms with Crippen LogP contribution in [0.25, 0.3) is 0 Å². The minimum Gasteiger partial charge on any atom is -0.363 e. The summed E-state index contributed by atoms with van der Waals surface area (Å²) in [7, 11) is 1.70. The van der Waals surface area contributed by atoms with Crippen molar-refractivity contribution in [1.82, 2.24) is 5.01 Å². The SMILES string of the molecule is CO[C@@]1(C)CCCN1N. The van der Waals surface area contributed by atoms with Crippen molar-refractivity contribution >= 4 is 0 Å². The molecule has 0 saturated carbocycles. The number of hydrazine groups is 1. The summed E-state index contributed by atoms with van der Waals surface area (Å²) >= 11 is 0. The van der Waals surface area contributed by atoms with Gasteiger partial charge in [0, 0.05) is 13.7 Å². The van der Waals surface area contributed by atoms with E-state index >= 15 is 0 Å². The van der Waals surface area contributed by atoms with Gasteiger partial charge in [0.25, 0.3) is 0 Å². The van der Waals surface area contributed by atoms with E-state index in [1.54, 1.807) is 12.1 Å². The summed E-state index contributed by atoms with van der Waals surface area (Å²) in [6, 6.07) is 0. The lowest BCUT2D eigenvalue weighted by molar-refractivity contribution is -0.0983. The van der Waals surface area contributed by atoms with Crippen molar-refractivity contribution < 1.29 is 4.74 Å². The Kier molecular flexibility index (Phi) is 1.75. The predicted octanol–water partition coefficient (Wildman–Crippen LogP) is 0.319. The molecule has 0 unspecified atom stereocenters. The molecule has 3 nitrogen and oxygen atoms in total. The molecule has 0 aliphatic carbocycles. The highest BCUT2D eigenvalue weighted by Gasteiger charge is 2.34. The molecule has 0 spiro atoms. The largest absolute Gasteiger partial charge is 0.363 e. The van der Waals surface area contributed by atoms with Crippen LogP contribution in [0.4, 0.5) is 0 Å². The first-order valence-corrected chi connectivity index (χ1v) is 3.26. The first-order valence-electron chi connectivity index (χ1n) is 3.26. The van der Waals surface area contributed by atoms with Crippen LogP contribution < -0.4 is 5.84 Å². The summed E-state index contributed by atoms with van der Waals surface area (Å²) in [5.74, 6) is 5.63. The average molecular weight is 130 g/mol. The van der Waals surface area contributed by atoms with E-state index < -0.39 is 0 Å². The smallest absolute Gasteiger partial charge is 0.130 e. The van der Waals surface area contributed by atoms with E-state index in [-0.39, 0.29) is 5.72 Å². The van der Waals surface area contributed by atoms with Crippen molar-refractivity contribution in [2.75, 3.05) is 13.7 Å². The monoisotopic (exact) mass is 130 g/mol. The Balaban J connectivity index is 2.56. The molecular formula is C6H14N2O. The average Bonchev–Trinajstić information content (AvgIpc) is 2.15. The van der Waals surface area contributed by atoms with Gasteiger partial charge < -0.3 is 4.74 Å². The Bertz CT molecular complexity index is 107. The molecule has 1 saturated heterocycles. The van der Waals surface area contributed by atoms with Crippen LogP contribution in [-0.2, 0) is 4.74 Å². The van der Waals surface area contributed by atoms with Gasteiger partial charge in [0.05, 0.1) is 0 Å².